The van der Waals surface area contributed by atoms with E-state index >= 15 is 0 Å². The molecular formula is C11H10ClFN2O2. The zero-order valence-electron chi connectivity index (χ0n) is 9.09. The minimum Gasteiger partial charge on any atom is -0.378 e. The SMILES string of the molecule is CC#CCCNc1cc(Cl)c(F)cc1[N+](=O)[O-]. The van der Waals surface area contributed by atoms with Crippen molar-refractivity contribution in [3.05, 3.63) is 33.1 Å². The Morgan fingerprint density at radius 2 is 2.29 bits per heavy atom. The molecule has 0 aliphatic heterocycles. The maximum atomic E-state index is 13.1. The Kier molecular flexibility index (Phi) is 4.73. The number of benzene rings is 1. The standard InChI is InChI=1S/C11H10ClFN2O2/c1-2-3-4-5-14-10-6-8(12)9(13)7-11(10)15(16)17/h6-7,14H,4-5H2,1H3. The first-order valence-corrected chi connectivity index (χ1v) is 5.21. The van der Waals surface area contributed by atoms with E-state index in [1.807, 2.05) is 0 Å². The summed E-state index contributed by atoms with van der Waals surface area (Å²) >= 11 is 5.57. The molecule has 0 bridgehead atoms. The van der Waals surface area contributed by atoms with Gasteiger partial charge in [0.15, 0.2) is 0 Å². The van der Waals surface area contributed by atoms with Gasteiger partial charge < -0.3 is 5.32 Å². The average molecular weight is 257 g/mol. The minimum atomic E-state index is -0.808. The number of hydrogen-bond acceptors (Lipinski definition) is 3. The van der Waals surface area contributed by atoms with Crippen LogP contribution in [0.4, 0.5) is 15.8 Å². The van der Waals surface area contributed by atoms with Gasteiger partial charge in [-0.3, -0.25) is 10.1 Å². The van der Waals surface area contributed by atoms with Gasteiger partial charge >= 0.3 is 0 Å². The van der Waals surface area contributed by atoms with E-state index in [0.29, 0.717) is 13.0 Å². The number of rotatable bonds is 4. The number of nitro benzene ring substituents is 1. The summed E-state index contributed by atoms with van der Waals surface area (Å²) in [4.78, 5) is 10.0. The summed E-state index contributed by atoms with van der Waals surface area (Å²) in [5.74, 6) is 4.70. The third-order valence-electron chi connectivity index (χ3n) is 1.98. The lowest BCUT2D eigenvalue weighted by Crippen LogP contribution is -2.04. The molecule has 17 heavy (non-hydrogen) atoms. The van der Waals surface area contributed by atoms with Gasteiger partial charge in [0.25, 0.3) is 5.69 Å². The van der Waals surface area contributed by atoms with Crippen molar-refractivity contribution >= 4 is 23.0 Å². The van der Waals surface area contributed by atoms with E-state index < -0.39 is 10.7 Å². The van der Waals surface area contributed by atoms with Crippen molar-refractivity contribution in [3.8, 4) is 11.8 Å². The molecule has 0 saturated heterocycles. The Morgan fingerprint density at radius 3 is 2.88 bits per heavy atom. The second kappa shape index (κ2) is 6.06. The topological polar surface area (TPSA) is 55.2 Å². The number of hydrogen-bond donors (Lipinski definition) is 1. The number of halogens is 2. The molecule has 0 radical (unpaired) electrons. The normalized spacial score (nSPS) is 9.35. The summed E-state index contributed by atoms with van der Waals surface area (Å²) in [6, 6.07) is 2.00. The quantitative estimate of drug-likeness (QED) is 0.389. The van der Waals surface area contributed by atoms with Gasteiger partial charge in [-0.1, -0.05) is 11.6 Å². The molecule has 1 N–H and O–H groups in total. The third kappa shape index (κ3) is 3.61. The highest BCUT2D eigenvalue weighted by Gasteiger charge is 2.17. The smallest absolute Gasteiger partial charge is 0.295 e. The molecule has 0 unspecified atom stereocenters. The highest BCUT2D eigenvalue weighted by Crippen LogP contribution is 2.30. The van der Waals surface area contributed by atoms with Crippen LogP contribution in [0.15, 0.2) is 12.1 Å². The van der Waals surface area contributed by atoms with Gasteiger partial charge in [0.2, 0.25) is 0 Å². The predicted octanol–water partition coefficient (Wildman–Crippen LogP) is 3.21. The Balaban J connectivity index is 2.91. The fraction of sp³-hybridized carbons (Fsp3) is 0.273. The molecule has 1 aromatic carbocycles. The van der Waals surface area contributed by atoms with E-state index in [-0.39, 0.29) is 16.4 Å². The van der Waals surface area contributed by atoms with Crippen molar-refractivity contribution < 1.29 is 9.31 Å². The summed E-state index contributed by atoms with van der Waals surface area (Å²) in [7, 11) is 0. The fourth-order valence-corrected chi connectivity index (χ4v) is 1.38. The van der Waals surface area contributed by atoms with E-state index in [4.69, 9.17) is 11.6 Å². The van der Waals surface area contributed by atoms with Crippen molar-refractivity contribution in [2.24, 2.45) is 0 Å². The van der Waals surface area contributed by atoms with Crippen molar-refractivity contribution in [2.75, 3.05) is 11.9 Å². The van der Waals surface area contributed by atoms with Crippen molar-refractivity contribution in [1.29, 1.82) is 0 Å². The number of anilines is 1. The van der Waals surface area contributed by atoms with Gasteiger partial charge in [-0.2, -0.15) is 0 Å². The van der Waals surface area contributed by atoms with Crippen LogP contribution in [0.1, 0.15) is 13.3 Å². The molecule has 0 aromatic heterocycles. The van der Waals surface area contributed by atoms with Crippen molar-refractivity contribution in [2.45, 2.75) is 13.3 Å². The molecule has 0 amide bonds. The van der Waals surface area contributed by atoms with Gasteiger partial charge in [0, 0.05) is 13.0 Å². The van der Waals surface area contributed by atoms with Crippen molar-refractivity contribution in [3.63, 3.8) is 0 Å². The first-order chi connectivity index (χ1) is 8.06. The van der Waals surface area contributed by atoms with Gasteiger partial charge in [-0.25, -0.2) is 4.39 Å². The second-order valence-corrected chi connectivity index (χ2v) is 3.55. The minimum absolute atomic E-state index is 0.153. The Labute approximate surface area is 103 Å². The molecule has 0 heterocycles. The molecule has 0 aliphatic rings. The number of nitro groups is 1. The lowest BCUT2D eigenvalue weighted by molar-refractivity contribution is -0.384. The fourth-order valence-electron chi connectivity index (χ4n) is 1.21. The first-order valence-electron chi connectivity index (χ1n) is 4.83. The van der Waals surface area contributed by atoms with Crippen LogP contribution >= 0.6 is 11.6 Å². The molecule has 0 saturated carbocycles. The molecule has 1 rings (SSSR count). The van der Waals surface area contributed by atoms with E-state index in [0.717, 1.165) is 6.07 Å². The monoisotopic (exact) mass is 256 g/mol. The Morgan fingerprint density at radius 1 is 1.59 bits per heavy atom. The molecule has 6 heteroatoms. The van der Waals surface area contributed by atoms with Crippen LogP contribution in [0.3, 0.4) is 0 Å². The molecule has 0 atom stereocenters. The van der Waals surface area contributed by atoms with Crippen LogP contribution in [-0.2, 0) is 0 Å². The Hall–Kier alpha value is -1.80. The first kappa shape index (κ1) is 13.3. The zero-order chi connectivity index (χ0) is 12.8. The van der Waals surface area contributed by atoms with E-state index in [9.17, 15) is 14.5 Å². The maximum Gasteiger partial charge on any atom is 0.295 e. The van der Waals surface area contributed by atoms with Crippen molar-refractivity contribution in [1.82, 2.24) is 0 Å². The highest BCUT2D eigenvalue weighted by atomic mass is 35.5. The van der Waals surface area contributed by atoms with Gasteiger partial charge in [0.05, 0.1) is 16.0 Å². The third-order valence-corrected chi connectivity index (χ3v) is 2.27. The number of nitrogens with zero attached hydrogens (tertiary/aromatic N) is 1. The summed E-state index contributed by atoms with van der Waals surface area (Å²) < 4.78 is 13.1. The summed E-state index contributed by atoms with van der Waals surface area (Å²) in [6.45, 7) is 2.14. The summed E-state index contributed by atoms with van der Waals surface area (Å²) in [6.07, 6.45) is 0.544. The van der Waals surface area contributed by atoms with Gasteiger partial charge in [0.1, 0.15) is 11.5 Å². The van der Waals surface area contributed by atoms with E-state index in [2.05, 4.69) is 17.2 Å². The lowest BCUT2D eigenvalue weighted by Gasteiger charge is -2.06. The molecule has 1 aromatic rings. The largest absolute Gasteiger partial charge is 0.378 e. The van der Waals surface area contributed by atoms with Crippen LogP contribution < -0.4 is 5.32 Å². The molecule has 0 spiro atoms. The van der Waals surface area contributed by atoms with Crippen LogP contribution in [-0.4, -0.2) is 11.5 Å². The van der Waals surface area contributed by atoms with E-state index in [1.165, 1.54) is 6.07 Å². The van der Waals surface area contributed by atoms with Crippen LogP contribution in [0.2, 0.25) is 5.02 Å². The summed E-state index contributed by atoms with van der Waals surface area (Å²) in [5, 5.41) is 13.4. The molecule has 0 fully saturated rings. The van der Waals surface area contributed by atoms with Crippen LogP contribution in [0.25, 0.3) is 0 Å². The zero-order valence-corrected chi connectivity index (χ0v) is 9.84. The number of nitrogens with one attached hydrogen (secondary N) is 1. The average Bonchev–Trinajstić information content (AvgIpc) is 2.28. The van der Waals surface area contributed by atoms with E-state index in [1.54, 1.807) is 6.92 Å². The highest BCUT2D eigenvalue weighted by molar-refractivity contribution is 6.31. The molecule has 4 nitrogen and oxygen atoms in total. The molecule has 0 aliphatic carbocycles. The van der Waals surface area contributed by atoms with Gasteiger partial charge in [-0.15, -0.1) is 11.8 Å². The Bertz CT molecular complexity index is 494. The summed E-state index contributed by atoms with van der Waals surface area (Å²) in [5.41, 5.74) is -0.143. The maximum absolute atomic E-state index is 13.1. The predicted molar refractivity (Wildman–Crippen MR) is 64.6 cm³/mol. The van der Waals surface area contributed by atoms with Crippen LogP contribution in [0.5, 0.6) is 0 Å². The molecule has 90 valence electrons. The molecular weight excluding hydrogens is 247 g/mol. The second-order valence-electron chi connectivity index (χ2n) is 3.14. The van der Waals surface area contributed by atoms with Crippen LogP contribution in [0, 0.1) is 27.8 Å². The lowest BCUT2D eigenvalue weighted by atomic mass is 10.2. The van der Waals surface area contributed by atoms with Gasteiger partial charge in [-0.05, 0) is 13.0 Å².